The Morgan fingerprint density at radius 2 is 2.17 bits per heavy atom. The van der Waals surface area contributed by atoms with Gasteiger partial charge in [0.05, 0.1) is 6.61 Å². The summed E-state index contributed by atoms with van der Waals surface area (Å²) >= 11 is 1.78. The van der Waals surface area contributed by atoms with Crippen LogP contribution in [0.25, 0.3) is 0 Å². The predicted octanol–water partition coefficient (Wildman–Crippen LogP) is 1.81. The van der Waals surface area contributed by atoms with Crippen molar-refractivity contribution in [2.45, 2.75) is 51.3 Å². The maximum absolute atomic E-state index is 12.0. The van der Waals surface area contributed by atoms with Crippen molar-refractivity contribution in [2.75, 3.05) is 25.5 Å². The zero-order valence-corrected chi connectivity index (χ0v) is 12.8. The number of carbonyl (C=O) groups is 1. The molecule has 0 rings (SSSR count). The number of ether oxygens (including phenoxy) is 1. The molecular formula is C13H27NO3S. The Kier molecular flexibility index (Phi) is 9.50. The lowest BCUT2D eigenvalue weighted by Crippen LogP contribution is -2.51. The van der Waals surface area contributed by atoms with Gasteiger partial charge in [0.25, 0.3) is 0 Å². The molecular weight excluding hydrogens is 250 g/mol. The molecule has 4 nitrogen and oxygen atoms in total. The normalized spacial score (nSPS) is 16.1. The third-order valence-corrected chi connectivity index (χ3v) is 3.95. The van der Waals surface area contributed by atoms with Crippen molar-refractivity contribution >= 4 is 17.7 Å². The molecule has 18 heavy (non-hydrogen) atoms. The van der Waals surface area contributed by atoms with E-state index >= 15 is 0 Å². The van der Waals surface area contributed by atoms with Crippen LogP contribution in [-0.4, -0.2) is 47.4 Å². The first-order chi connectivity index (χ1) is 8.50. The van der Waals surface area contributed by atoms with Gasteiger partial charge in [-0.1, -0.05) is 13.8 Å². The molecule has 0 fully saturated rings. The average molecular weight is 277 g/mol. The van der Waals surface area contributed by atoms with E-state index in [9.17, 15) is 4.79 Å². The molecule has 5 heteroatoms. The molecule has 2 atom stereocenters. The molecule has 0 aromatic heterocycles. The van der Waals surface area contributed by atoms with Gasteiger partial charge in [-0.3, -0.25) is 4.79 Å². The van der Waals surface area contributed by atoms with Gasteiger partial charge in [0, 0.05) is 11.9 Å². The minimum atomic E-state index is -0.615. The number of esters is 1. The maximum atomic E-state index is 12.0. The number of hydrogen-bond acceptors (Lipinski definition) is 5. The summed E-state index contributed by atoms with van der Waals surface area (Å²) in [5.41, 5.74) is -0.615. The summed E-state index contributed by atoms with van der Waals surface area (Å²) in [5, 5.41) is 12.3. The minimum Gasteiger partial charge on any atom is -0.465 e. The second-order valence-corrected chi connectivity index (χ2v) is 6.09. The smallest absolute Gasteiger partial charge is 0.326 e. The number of aliphatic hydroxyl groups is 1. The fourth-order valence-electron chi connectivity index (χ4n) is 1.89. The fraction of sp³-hybridized carbons (Fsp3) is 0.923. The number of likely N-dealkylation sites (N-methyl/N-ethyl adjacent to an activating group) is 1. The van der Waals surface area contributed by atoms with E-state index in [1.54, 1.807) is 11.8 Å². The number of rotatable bonds is 10. The van der Waals surface area contributed by atoms with Crippen molar-refractivity contribution in [2.24, 2.45) is 0 Å². The van der Waals surface area contributed by atoms with Crippen LogP contribution in [0.3, 0.4) is 0 Å². The SMILES string of the molecule is CCNC(C)(CC(C)SCCCO)C(=O)OCC. The van der Waals surface area contributed by atoms with Crippen LogP contribution in [0.15, 0.2) is 0 Å². The van der Waals surface area contributed by atoms with Crippen molar-refractivity contribution in [3.8, 4) is 0 Å². The van der Waals surface area contributed by atoms with E-state index < -0.39 is 5.54 Å². The van der Waals surface area contributed by atoms with Gasteiger partial charge in [-0.15, -0.1) is 0 Å². The molecule has 0 saturated carbocycles. The highest BCUT2D eigenvalue weighted by Gasteiger charge is 2.35. The van der Waals surface area contributed by atoms with Crippen LogP contribution >= 0.6 is 11.8 Å². The minimum absolute atomic E-state index is 0.179. The summed E-state index contributed by atoms with van der Waals surface area (Å²) in [4.78, 5) is 12.0. The Labute approximate surface area is 115 Å². The Hall–Kier alpha value is -0.260. The highest BCUT2D eigenvalue weighted by molar-refractivity contribution is 7.99. The molecule has 0 spiro atoms. The number of thioether (sulfide) groups is 1. The molecule has 0 aromatic rings. The predicted molar refractivity (Wildman–Crippen MR) is 77.0 cm³/mol. The van der Waals surface area contributed by atoms with Crippen molar-refractivity contribution < 1.29 is 14.6 Å². The van der Waals surface area contributed by atoms with Crippen LogP contribution in [0.2, 0.25) is 0 Å². The number of hydrogen-bond donors (Lipinski definition) is 2. The number of nitrogens with one attached hydrogen (secondary N) is 1. The molecule has 0 amide bonds. The quantitative estimate of drug-likeness (QED) is 0.471. The van der Waals surface area contributed by atoms with Crippen LogP contribution in [0.4, 0.5) is 0 Å². The highest BCUT2D eigenvalue weighted by Crippen LogP contribution is 2.23. The molecule has 0 heterocycles. The van der Waals surface area contributed by atoms with Gasteiger partial charge in [0.2, 0.25) is 0 Å². The summed E-state index contributed by atoms with van der Waals surface area (Å²) in [7, 11) is 0. The van der Waals surface area contributed by atoms with Crippen molar-refractivity contribution in [1.29, 1.82) is 0 Å². The first kappa shape index (κ1) is 17.7. The van der Waals surface area contributed by atoms with Crippen molar-refractivity contribution in [3.05, 3.63) is 0 Å². The van der Waals surface area contributed by atoms with Crippen LogP contribution in [0.1, 0.15) is 40.5 Å². The van der Waals surface area contributed by atoms with Crippen LogP contribution in [0.5, 0.6) is 0 Å². The molecule has 0 aliphatic carbocycles. The Morgan fingerprint density at radius 3 is 2.67 bits per heavy atom. The molecule has 0 bridgehead atoms. The largest absolute Gasteiger partial charge is 0.465 e. The van der Waals surface area contributed by atoms with Gasteiger partial charge in [0.1, 0.15) is 5.54 Å². The fourth-order valence-corrected chi connectivity index (χ4v) is 3.04. The summed E-state index contributed by atoms with van der Waals surface area (Å²) in [6, 6.07) is 0. The average Bonchev–Trinajstić information content (AvgIpc) is 2.29. The second kappa shape index (κ2) is 9.64. The first-order valence-electron chi connectivity index (χ1n) is 6.64. The van der Waals surface area contributed by atoms with E-state index in [4.69, 9.17) is 9.84 Å². The zero-order chi connectivity index (χ0) is 14.0. The molecule has 2 N–H and O–H groups in total. The number of aliphatic hydroxyl groups excluding tert-OH is 1. The topological polar surface area (TPSA) is 58.6 Å². The van der Waals surface area contributed by atoms with E-state index in [0.29, 0.717) is 11.9 Å². The Bertz CT molecular complexity index is 238. The summed E-state index contributed by atoms with van der Waals surface area (Å²) in [5.74, 6) is 0.740. The standard InChI is InChI=1S/C13H27NO3S/c1-5-14-13(4,12(16)17-6-2)10-11(3)18-9-7-8-15/h11,14-15H,5-10H2,1-4H3. The second-order valence-electron chi connectivity index (χ2n) is 4.55. The van der Waals surface area contributed by atoms with E-state index in [2.05, 4.69) is 12.2 Å². The van der Waals surface area contributed by atoms with Gasteiger partial charge in [-0.05, 0) is 39.0 Å². The first-order valence-corrected chi connectivity index (χ1v) is 7.69. The van der Waals surface area contributed by atoms with Crippen LogP contribution < -0.4 is 5.32 Å². The van der Waals surface area contributed by atoms with Gasteiger partial charge < -0.3 is 15.2 Å². The molecule has 0 aromatic carbocycles. The van der Waals surface area contributed by atoms with Gasteiger partial charge in [-0.25, -0.2) is 0 Å². The molecule has 0 aliphatic rings. The van der Waals surface area contributed by atoms with Crippen molar-refractivity contribution in [1.82, 2.24) is 5.32 Å². The lowest BCUT2D eigenvalue weighted by molar-refractivity contribution is -0.150. The van der Waals surface area contributed by atoms with E-state index in [1.807, 2.05) is 20.8 Å². The summed E-state index contributed by atoms with van der Waals surface area (Å²) in [6.45, 7) is 9.19. The maximum Gasteiger partial charge on any atom is 0.326 e. The van der Waals surface area contributed by atoms with Crippen molar-refractivity contribution in [3.63, 3.8) is 0 Å². The van der Waals surface area contributed by atoms with Gasteiger partial charge in [-0.2, -0.15) is 11.8 Å². The van der Waals surface area contributed by atoms with E-state index in [1.165, 1.54) is 0 Å². The van der Waals surface area contributed by atoms with Gasteiger partial charge >= 0.3 is 5.97 Å². The Morgan fingerprint density at radius 1 is 1.50 bits per heavy atom. The molecule has 0 radical (unpaired) electrons. The Balaban J connectivity index is 4.35. The third-order valence-electron chi connectivity index (χ3n) is 2.69. The molecule has 0 aliphatic heterocycles. The van der Waals surface area contributed by atoms with Gasteiger partial charge in [0.15, 0.2) is 0 Å². The van der Waals surface area contributed by atoms with Crippen LogP contribution in [-0.2, 0) is 9.53 Å². The molecule has 2 unspecified atom stereocenters. The zero-order valence-electron chi connectivity index (χ0n) is 12.0. The highest BCUT2D eigenvalue weighted by atomic mass is 32.2. The molecule has 108 valence electrons. The van der Waals surface area contributed by atoms with E-state index in [0.717, 1.165) is 25.1 Å². The molecule has 0 saturated heterocycles. The lowest BCUT2D eigenvalue weighted by atomic mass is 9.96. The summed E-state index contributed by atoms with van der Waals surface area (Å²) < 4.78 is 5.14. The number of carbonyl (C=O) groups excluding carboxylic acids is 1. The van der Waals surface area contributed by atoms with Crippen LogP contribution in [0, 0.1) is 0 Å². The lowest BCUT2D eigenvalue weighted by Gasteiger charge is -2.30. The summed E-state index contributed by atoms with van der Waals surface area (Å²) in [6.07, 6.45) is 1.53. The van der Waals surface area contributed by atoms with E-state index in [-0.39, 0.29) is 12.6 Å². The third kappa shape index (κ3) is 6.61. The monoisotopic (exact) mass is 277 g/mol.